The van der Waals surface area contributed by atoms with Gasteiger partial charge in [-0.2, -0.15) is 13.2 Å². The molecule has 1 heterocycles. The molecule has 0 unspecified atom stereocenters. The fourth-order valence-corrected chi connectivity index (χ4v) is 2.26. The molecule has 0 spiro atoms. The summed E-state index contributed by atoms with van der Waals surface area (Å²) in [6.07, 6.45) is 0.824. The van der Waals surface area contributed by atoms with Gasteiger partial charge >= 0.3 is 6.18 Å². The van der Waals surface area contributed by atoms with Crippen LogP contribution in [0.4, 0.5) is 19.1 Å². The third kappa shape index (κ3) is 2.84. The van der Waals surface area contributed by atoms with Gasteiger partial charge in [-0.05, 0) is 43.0 Å². The van der Waals surface area contributed by atoms with Gasteiger partial charge < -0.3 is 5.32 Å². The first-order valence-electron chi connectivity index (χ1n) is 6.64. The molecule has 1 aliphatic carbocycles. The molecule has 0 aliphatic heterocycles. The van der Waals surface area contributed by atoms with Crippen LogP contribution < -0.4 is 5.32 Å². The number of nitrogens with one attached hydrogen (secondary N) is 1. The normalized spacial score (nSPS) is 16.6. The highest BCUT2D eigenvalue weighted by Gasteiger charge is 2.45. The first kappa shape index (κ1) is 13.9. The molecule has 0 saturated heterocycles. The zero-order valence-corrected chi connectivity index (χ0v) is 11.4. The molecule has 1 saturated carbocycles. The Balaban J connectivity index is 1.81. The number of hydrogen-bond acceptors (Lipinski definition) is 3. The lowest BCUT2D eigenvalue weighted by molar-refractivity contribution is -0.137. The summed E-state index contributed by atoms with van der Waals surface area (Å²) in [5.41, 5.74) is 0.826. The molecule has 3 rings (SSSR count). The van der Waals surface area contributed by atoms with Crippen LogP contribution in [0.25, 0.3) is 0 Å². The molecule has 1 aromatic heterocycles. The Hall–Kier alpha value is -2.11. The molecule has 0 amide bonds. The van der Waals surface area contributed by atoms with Gasteiger partial charge in [0.15, 0.2) is 0 Å². The third-order valence-corrected chi connectivity index (χ3v) is 3.65. The van der Waals surface area contributed by atoms with Crippen molar-refractivity contribution in [3.05, 3.63) is 53.3 Å². The van der Waals surface area contributed by atoms with Gasteiger partial charge in [0.05, 0.1) is 11.1 Å². The second kappa shape index (κ2) is 4.72. The number of aromatic nitrogens is 2. The van der Waals surface area contributed by atoms with E-state index in [-0.39, 0.29) is 5.54 Å². The number of halogens is 3. The van der Waals surface area contributed by atoms with Crippen LogP contribution in [0.1, 0.15) is 29.5 Å². The SMILES string of the molecule is Cc1cnc(NC2(c3ccc(C(F)(F)F)cc3)CC2)nc1. The van der Waals surface area contributed by atoms with Crippen molar-refractivity contribution in [2.24, 2.45) is 0 Å². The van der Waals surface area contributed by atoms with E-state index in [0.717, 1.165) is 36.1 Å². The van der Waals surface area contributed by atoms with Crippen LogP contribution >= 0.6 is 0 Å². The van der Waals surface area contributed by atoms with E-state index in [1.54, 1.807) is 12.4 Å². The maximum absolute atomic E-state index is 12.6. The van der Waals surface area contributed by atoms with Crippen molar-refractivity contribution in [3.63, 3.8) is 0 Å². The van der Waals surface area contributed by atoms with Crippen LogP contribution in [0.5, 0.6) is 0 Å². The van der Waals surface area contributed by atoms with E-state index in [1.165, 1.54) is 12.1 Å². The predicted octanol–water partition coefficient (Wildman–Crippen LogP) is 3.91. The number of benzene rings is 1. The van der Waals surface area contributed by atoms with Crippen molar-refractivity contribution in [2.45, 2.75) is 31.5 Å². The molecule has 3 nitrogen and oxygen atoms in total. The minimum Gasteiger partial charge on any atom is -0.345 e. The molecule has 0 bridgehead atoms. The van der Waals surface area contributed by atoms with Gasteiger partial charge in [-0.25, -0.2) is 9.97 Å². The smallest absolute Gasteiger partial charge is 0.345 e. The van der Waals surface area contributed by atoms with Gasteiger partial charge in [-0.1, -0.05) is 12.1 Å². The molecule has 6 heteroatoms. The van der Waals surface area contributed by atoms with E-state index in [4.69, 9.17) is 0 Å². The van der Waals surface area contributed by atoms with Crippen LogP contribution in [-0.2, 0) is 11.7 Å². The third-order valence-electron chi connectivity index (χ3n) is 3.65. The summed E-state index contributed by atoms with van der Waals surface area (Å²) < 4.78 is 37.7. The Morgan fingerprint density at radius 3 is 2.10 bits per heavy atom. The average Bonchev–Trinajstić information content (AvgIpc) is 3.22. The lowest BCUT2D eigenvalue weighted by Gasteiger charge is -2.18. The number of anilines is 1. The number of nitrogens with zero attached hydrogens (tertiary/aromatic N) is 2. The van der Waals surface area contributed by atoms with E-state index >= 15 is 0 Å². The zero-order valence-electron chi connectivity index (χ0n) is 11.4. The van der Waals surface area contributed by atoms with Crippen LogP contribution in [0.2, 0.25) is 0 Å². The molecule has 21 heavy (non-hydrogen) atoms. The summed E-state index contributed by atoms with van der Waals surface area (Å²) in [6, 6.07) is 5.29. The quantitative estimate of drug-likeness (QED) is 0.932. The Labute approximate surface area is 120 Å². The molecule has 1 fully saturated rings. The second-order valence-corrected chi connectivity index (χ2v) is 5.37. The Morgan fingerprint density at radius 1 is 1.05 bits per heavy atom. The van der Waals surface area contributed by atoms with Gasteiger partial charge in [-0.3, -0.25) is 0 Å². The van der Waals surface area contributed by atoms with Crippen molar-refractivity contribution in [1.29, 1.82) is 0 Å². The molecule has 0 radical (unpaired) electrons. The summed E-state index contributed by atoms with van der Waals surface area (Å²) in [4.78, 5) is 8.37. The molecule has 1 aromatic carbocycles. The minimum absolute atomic E-state index is 0.334. The largest absolute Gasteiger partial charge is 0.416 e. The lowest BCUT2D eigenvalue weighted by Crippen LogP contribution is -2.20. The maximum Gasteiger partial charge on any atom is 0.416 e. The Bertz CT molecular complexity index is 629. The van der Waals surface area contributed by atoms with Gasteiger partial charge in [0.2, 0.25) is 5.95 Å². The van der Waals surface area contributed by atoms with Gasteiger partial charge in [-0.15, -0.1) is 0 Å². The van der Waals surface area contributed by atoms with Crippen LogP contribution in [-0.4, -0.2) is 9.97 Å². The van der Waals surface area contributed by atoms with E-state index in [2.05, 4.69) is 15.3 Å². The van der Waals surface area contributed by atoms with Crippen molar-refractivity contribution in [1.82, 2.24) is 9.97 Å². The van der Waals surface area contributed by atoms with Crippen LogP contribution in [0.15, 0.2) is 36.7 Å². The molecule has 2 aromatic rings. The number of aryl methyl sites for hydroxylation is 1. The first-order valence-corrected chi connectivity index (χ1v) is 6.64. The van der Waals surface area contributed by atoms with E-state index in [0.29, 0.717) is 5.95 Å². The second-order valence-electron chi connectivity index (χ2n) is 5.37. The fraction of sp³-hybridized carbons (Fsp3) is 0.333. The number of alkyl halides is 3. The summed E-state index contributed by atoms with van der Waals surface area (Å²) in [7, 11) is 0. The molecule has 1 aliphatic rings. The minimum atomic E-state index is -4.30. The van der Waals surface area contributed by atoms with Crippen molar-refractivity contribution in [3.8, 4) is 0 Å². The topological polar surface area (TPSA) is 37.8 Å². The van der Waals surface area contributed by atoms with Crippen molar-refractivity contribution in [2.75, 3.05) is 5.32 Å². The van der Waals surface area contributed by atoms with Gasteiger partial charge in [0.1, 0.15) is 0 Å². The fourth-order valence-electron chi connectivity index (χ4n) is 2.26. The molecule has 0 atom stereocenters. The van der Waals surface area contributed by atoms with Crippen LogP contribution in [0, 0.1) is 6.92 Å². The lowest BCUT2D eigenvalue weighted by atomic mass is 10.0. The highest BCUT2D eigenvalue weighted by atomic mass is 19.4. The predicted molar refractivity (Wildman–Crippen MR) is 72.7 cm³/mol. The highest BCUT2D eigenvalue weighted by Crippen LogP contribution is 2.48. The van der Waals surface area contributed by atoms with Gasteiger partial charge in [0, 0.05) is 12.4 Å². The molecular formula is C15H14F3N3. The summed E-state index contributed by atoms with van der Waals surface area (Å²) in [5, 5.41) is 3.23. The van der Waals surface area contributed by atoms with Crippen LogP contribution in [0.3, 0.4) is 0 Å². The Kier molecular flexibility index (Phi) is 3.11. The molecule has 1 N–H and O–H groups in total. The number of hydrogen-bond donors (Lipinski definition) is 1. The summed E-state index contributed by atoms with van der Waals surface area (Å²) in [6.45, 7) is 1.90. The van der Waals surface area contributed by atoms with E-state index in [9.17, 15) is 13.2 Å². The van der Waals surface area contributed by atoms with Gasteiger partial charge in [0.25, 0.3) is 0 Å². The van der Waals surface area contributed by atoms with Crippen molar-refractivity contribution >= 4 is 5.95 Å². The molecule has 110 valence electrons. The van der Waals surface area contributed by atoms with E-state index < -0.39 is 11.7 Å². The summed E-state index contributed by atoms with van der Waals surface area (Å²) in [5.74, 6) is 0.498. The standard InChI is InChI=1S/C15H14F3N3/c1-10-8-19-13(20-9-10)21-14(6-7-14)11-2-4-12(5-3-11)15(16,17)18/h2-5,8-9H,6-7H2,1H3,(H,19,20,21). The monoisotopic (exact) mass is 293 g/mol. The maximum atomic E-state index is 12.6. The summed E-state index contributed by atoms with van der Waals surface area (Å²) >= 11 is 0. The average molecular weight is 293 g/mol. The first-order chi connectivity index (χ1) is 9.89. The highest BCUT2D eigenvalue weighted by molar-refractivity contribution is 5.43. The van der Waals surface area contributed by atoms with Crippen molar-refractivity contribution < 1.29 is 13.2 Å². The zero-order chi connectivity index (χ0) is 15.1. The molecular weight excluding hydrogens is 279 g/mol. The van der Waals surface area contributed by atoms with E-state index in [1.807, 2.05) is 6.92 Å². The number of rotatable bonds is 3. The Morgan fingerprint density at radius 2 is 1.62 bits per heavy atom.